The number of piperidine rings is 1. The summed E-state index contributed by atoms with van der Waals surface area (Å²) in [6, 6.07) is 16.4. The number of carbonyl (C=O) groups is 1. The number of hydrogen-bond acceptors (Lipinski definition) is 3. The molecule has 30 heavy (non-hydrogen) atoms. The number of para-hydroxylation sites is 1. The van der Waals surface area contributed by atoms with Crippen LogP contribution in [0.4, 0.5) is 0 Å². The van der Waals surface area contributed by atoms with Gasteiger partial charge in [0.1, 0.15) is 11.4 Å². The Hall–Kier alpha value is -2.86. The molecule has 1 aliphatic rings. The molecule has 1 aliphatic heterocycles. The quantitative estimate of drug-likeness (QED) is 0.607. The first-order chi connectivity index (χ1) is 14.6. The molecule has 158 valence electrons. The molecule has 1 aromatic carbocycles. The van der Waals surface area contributed by atoms with E-state index in [0.717, 1.165) is 30.0 Å². The molecule has 0 bridgehead atoms. The average molecular weight is 406 g/mol. The van der Waals surface area contributed by atoms with Gasteiger partial charge in [0.25, 0.3) is 5.91 Å². The number of hydrogen-bond donors (Lipinski definition) is 1. The molecule has 6 heteroatoms. The van der Waals surface area contributed by atoms with Crippen molar-refractivity contribution in [3.05, 3.63) is 60.4 Å². The summed E-state index contributed by atoms with van der Waals surface area (Å²) in [5, 5.41) is 7.85. The maximum atomic E-state index is 13.0. The van der Waals surface area contributed by atoms with Crippen LogP contribution in [0.1, 0.15) is 43.1 Å². The molecule has 1 saturated heterocycles. The molecular weight excluding hydrogens is 374 g/mol. The number of aryl methyl sites for hydroxylation is 1. The SMILES string of the molecule is C[C@@H]1CCCCN1CCCNC(=O)c1cc(-c2cccn2C)nn1-c1ccccc1. The minimum atomic E-state index is -0.0847. The Morgan fingerprint density at radius 3 is 2.73 bits per heavy atom. The van der Waals surface area contributed by atoms with Gasteiger partial charge in [-0.3, -0.25) is 4.79 Å². The monoisotopic (exact) mass is 405 g/mol. The molecule has 0 spiro atoms. The summed E-state index contributed by atoms with van der Waals surface area (Å²) in [6.45, 7) is 5.19. The largest absolute Gasteiger partial charge is 0.351 e. The minimum Gasteiger partial charge on any atom is -0.351 e. The average Bonchev–Trinajstić information content (AvgIpc) is 3.39. The number of likely N-dealkylation sites (tertiary alicyclic amines) is 1. The predicted molar refractivity (Wildman–Crippen MR) is 120 cm³/mol. The van der Waals surface area contributed by atoms with Crippen molar-refractivity contribution in [1.82, 2.24) is 24.6 Å². The Balaban J connectivity index is 1.47. The zero-order chi connectivity index (χ0) is 20.9. The van der Waals surface area contributed by atoms with E-state index >= 15 is 0 Å². The Kier molecular flexibility index (Phi) is 6.33. The van der Waals surface area contributed by atoms with E-state index < -0.39 is 0 Å². The maximum absolute atomic E-state index is 13.0. The minimum absolute atomic E-state index is 0.0847. The van der Waals surface area contributed by atoms with Gasteiger partial charge in [-0.2, -0.15) is 5.10 Å². The molecule has 6 nitrogen and oxygen atoms in total. The molecule has 1 fully saturated rings. The van der Waals surface area contributed by atoms with Crippen molar-refractivity contribution < 1.29 is 4.79 Å². The van der Waals surface area contributed by atoms with E-state index in [-0.39, 0.29) is 5.91 Å². The van der Waals surface area contributed by atoms with Crippen molar-refractivity contribution >= 4 is 5.91 Å². The second-order valence-electron chi connectivity index (χ2n) is 8.16. The standard InChI is InChI=1S/C24H31N5O/c1-19-10-6-7-16-28(19)17-9-14-25-24(30)23-18-21(22-13-8-15-27(22)2)26-29(23)20-11-4-3-5-12-20/h3-5,8,11-13,15,18-19H,6-7,9-10,14,16-17H2,1-2H3,(H,25,30)/t19-/m1/s1. The van der Waals surface area contributed by atoms with Crippen LogP contribution < -0.4 is 5.32 Å². The summed E-state index contributed by atoms with van der Waals surface area (Å²) >= 11 is 0. The highest BCUT2D eigenvalue weighted by Crippen LogP contribution is 2.22. The van der Waals surface area contributed by atoms with Crippen LogP contribution in [0.5, 0.6) is 0 Å². The van der Waals surface area contributed by atoms with Crippen LogP contribution >= 0.6 is 0 Å². The fraction of sp³-hybridized carbons (Fsp3) is 0.417. The third-order valence-corrected chi connectivity index (χ3v) is 6.00. The first kappa shape index (κ1) is 20.4. The molecule has 3 aromatic rings. The molecule has 1 atom stereocenters. The van der Waals surface area contributed by atoms with Gasteiger partial charge in [0.15, 0.2) is 0 Å². The first-order valence-corrected chi connectivity index (χ1v) is 10.9. The first-order valence-electron chi connectivity index (χ1n) is 10.9. The Morgan fingerprint density at radius 1 is 1.17 bits per heavy atom. The summed E-state index contributed by atoms with van der Waals surface area (Å²) in [4.78, 5) is 15.6. The highest BCUT2D eigenvalue weighted by Gasteiger charge is 2.20. The molecule has 3 heterocycles. The lowest BCUT2D eigenvalue weighted by Gasteiger charge is -2.33. The van der Waals surface area contributed by atoms with Crippen LogP contribution in [-0.2, 0) is 7.05 Å². The van der Waals surface area contributed by atoms with Crippen LogP contribution in [0.15, 0.2) is 54.7 Å². The highest BCUT2D eigenvalue weighted by atomic mass is 16.2. The van der Waals surface area contributed by atoms with Crippen LogP contribution in [-0.4, -0.2) is 50.8 Å². The molecule has 1 amide bonds. The van der Waals surface area contributed by atoms with E-state index in [1.54, 1.807) is 4.68 Å². The summed E-state index contributed by atoms with van der Waals surface area (Å²) in [6.07, 6.45) is 6.85. The summed E-state index contributed by atoms with van der Waals surface area (Å²) in [5.74, 6) is -0.0847. The van der Waals surface area contributed by atoms with Gasteiger partial charge in [-0.15, -0.1) is 0 Å². The van der Waals surface area contributed by atoms with E-state index in [4.69, 9.17) is 5.10 Å². The van der Waals surface area contributed by atoms with E-state index in [0.29, 0.717) is 18.3 Å². The number of amides is 1. The van der Waals surface area contributed by atoms with Gasteiger partial charge in [0, 0.05) is 32.4 Å². The van der Waals surface area contributed by atoms with Gasteiger partial charge in [-0.05, 0) is 63.1 Å². The van der Waals surface area contributed by atoms with E-state index in [1.165, 1.54) is 25.8 Å². The predicted octanol–water partition coefficient (Wildman–Crippen LogP) is 3.87. The Labute approximate surface area is 178 Å². The topological polar surface area (TPSA) is 55.1 Å². The molecule has 4 rings (SSSR count). The second-order valence-corrected chi connectivity index (χ2v) is 8.16. The molecular formula is C24H31N5O. The molecule has 1 N–H and O–H groups in total. The van der Waals surface area contributed by atoms with Crippen LogP contribution in [0.3, 0.4) is 0 Å². The van der Waals surface area contributed by atoms with Crippen molar-refractivity contribution in [2.75, 3.05) is 19.6 Å². The summed E-state index contributed by atoms with van der Waals surface area (Å²) < 4.78 is 3.75. The second kappa shape index (κ2) is 9.30. The fourth-order valence-electron chi connectivity index (χ4n) is 4.23. The zero-order valence-corrected chi connectivity index (χ0v) is 17.9. The van der Waals surface area contributed by atoms with Gasteiger partial charge in [0.2, 0.25) is 0 Å². The third-order valence-electron chi connectivity index (χ3n) is 6.00. The van der Waals surface area contributed by atoms with Crippen molar-refractivity contribution in [2.24, 2.45) is 7.05 Å². The number of aromatic nitrogens is 3. The maximum Gasteiger partial charge on any atom is 0.270 e. The van der Waals surface area contributed by atoms with Crippen LogP contribution in [0.25, 0.3) is 17.1 Å². The number of nitrogens with zero attached hydrogens (tertiary/aromatic N) is 4. The van der Waals surface area contributed by atoms with Gasteiger partial charge in [-0.1, -0.05) is 24.6 Å². The molecule has 0 radical (unpaired) electrons. The third kappa shape index (κ3) is 4.49. The number of benzene rings is 1. The number of carbonyl (C=O) groups excluding carboxylic acids is 1. The normalized spacial score (nSPS) is 17.2. The smallest absolute Gasteiger partial charge is 0.270 e. The molecule has 0 saturated carbocycles. The molecule has 2 aromatic heterocycles. The number of rotatable bonds is 7. The van der Waals surface area contributed by atoms with Crippen molar-refractivity contribution in [1.29, 1.82) is 0 Å². The number of nitrogens with one attached hydrogen (secondary N) is 1. The van der Waals surface area contributed by atoms with Gasteiger partial charge >= 0.3 is 0 Å². The van der Waals surface area contributed by atoms with Crippen LogP contribution in [0.2, 0.25) is 0 Å². The zero-order valence-electron chi connectivity index (χ0n) is 17.9. The summed E-state index contributed by atoms with van der Waals surface area (Å²) in [5.41, 5.74) is 3.21. The van der Waals surface area contributed by atoms with Crippen molar-refractivity contribution in [3.63, 3.8) is 0 Å². The molecule has 0 aliphatic carbocycles. The van der Waals surface area contributed by atoms with E-state index in [1.807, 2.05) is 66.3 Å². The fourth-order valence-corrected chi connectivity index (χ4v) is 4.23. The van der Waals surface area contributed by atoms with E-state index in [9.17, 15) is 4.79 Å². The summed E-state index contributed by atoms with van der Waals surface area (Å²) in [7, 11) is 1.98. The molecule has 0 unspecified atom stereocenters. The lowest BCUT2D eigenvalue weighted by molar-refractivity contribution is 0.0941. The Morgan fingerprint density at radius 2 is 2.00 bits per heavy atom. The van der Waals surface area contributed by atoms with E-state index in [2.05, 4.69) is 17.1 Å². The van der Waals surface area contributed by atoms with Crippen LogP contribution in [0, 0.1) is 0 Å². The highest BCUT2D eigenvalue weighted by molar-refractivity contribution is 5.94. The van der Waals surface area contributed by atoms with Gasteiger partial charge in [-0.25, -0.2) is 4.68 Å². The Bertz CT molecular complexity index is 975. The van der Waals surface area contributed by atoms with Gasteiger partial charge < -0.3 is 14.8 Å². The van der Waals surface area contributed by atoms with Gasteiger partial charge in [0.05, 0.1) is 11.4 Å². The van der Waals surface area contributed by atoms with Crippen molar-refractivity contribution in [2.45, 2.75) is 38.6 Å². The van der Waals surface area contributed by atoms with Crippen molar-refractivity contribution in [3.8, 4) is 17.1 Å². The lowest BCUT2D eigenvalue weighted by atomic mass is 10.0. The lowest BCUT2D eigenvalue weighted by Crippen LogP contribution is -2.39.